The molecule has 0 aliphatic heterocycles. The fourth-order valence-corrected chi connectivity index (χ4v) is 0.528. The SMILES string of the molecule is CC.CC#CCCC.[W].c1cc[nH]c1. The Morgan fingerprint density at radius 3 is 1.79 bits per heavy atom. The molecule has 1 rings (SSSR count). The van der Waals surface area contributed by atoms with Gasteiger partial charge in [-0.15, -0.1) is 11.8 Å². The Labute approximate surface area is 103 Å². The van der Waals surface area contributed by atoms with Crippen molar-refractivity contribution in [2.24, 2.45) is 0 Å². The fraction of sp³-hybridized carbons (Fsp3) is 0.500. The zero-order chi connectivity index (χ0) is 10.4. The van der Waals surface area contributed by atoms with Gasteiger partial charge in [0.15, 0.2) is 0 Å². The second-order valence-corrected chi connectivity index (χ2v) is 2.06. The molecule has 0 saturated heterocycles. The number of nitrogens with one attached hydrogen (secondary N) is 1. The fourth-order valence-electron chi connectivity index (χ4n) is 0.528. The van der Waals surface area contributed by atoms with Gasteiger partial charge in [-0.3, -0.25) is 0 Å². The molecule has 0 spiro atoms. The molecule has 1 heterocycles. The molecule has 1 N–H and O–H groups in total. The number of aromatic nitrogens is 1. The van der Waals surface area contributed by atoms with E-state index >= 15 is 0 Å². The molecule has 0 aliphatic carbocycles. The molecule has 1 aromatic rings. The third-order valence-electron chi connectivity index (χ3n) is 1.05. The first kappa shape index (κ1) is 19.2. The van der Waals surface area contributed by atoms with Crippen molar-refractivity contribution >= 4 is 0 Å². The maximum Gasteiger partial charge on any atom is 0.00859 e. The summed E-state index contributed by atoms with van der Waals surface area (Å²) < 4.78 is 0. The molecule has 0 aliphatic rings. The zero-order valence-electron chi connectivity index (χ0n) is 9.63. The second-order valence-electron chi connectivity index (χ2n) is 2.06. The maximum absolute atomic E-state index is 2.95. The van der Waals surface area contributed by atoms with Crippen LogP contribution < -0.4 is 0 Å². The Hall–Kier alpha value is -0.472. The number of unbranched alkanes of at least 4 members (excludes halogenated alkanes) is 1. The Balaban J connectivity index is -0.000000139. The molecule has 1 nitrogen and oxygen atoms in total. The van der Waals surface area contributed by atoms with Crippen molar-refractivity contribution in [3.05, 3.63) is 24.5 Å². The minimum absolute atomic E-state index is 0. The summed E-state index contributed by atoms with van der Waals surface area (Å²) in [6, 6.07) is 3.89. The summed E-state index contributed by atoms with van der Waals surface area (Å²) in [4.78, 5) is 2.86. The minimum atomic E-state index is 0. The van der Waals surface area contributed by atoms with Crippen molar-refractivity contribution in [2.75, 3.05) is 0 Å². The summed E-state index contributed by atoms with van der Waals surface area (Å²) >= 11 is 0. The van der Waals surface area contributed by atoms with E-state index in [1.54, 1.807) is 0 Å². The first-order valence-corrected chi connectivity index (χ1v) is 4.89. The monoisotopic (exact) mass is 363 g/mol. The van der Waals surface area contributed by atoms with Gasteiger partial charge in [-0.1, -0.05) is 20.8 Å². The van der Waals surface area contributed by atoms with Crippen molar-refractivity contribution < 1.29 is 21.1 Å². The van der Waals surface area contributed by atoms with Gasteiger partial charge in [0.05, 0.1) is 0 Å². The van der Waals surface area contributed by atoms with E-state index in [0.717, 1.165) is 6.42 Å². The van der Waals surface area contributed by atoms with Crippen LogP contribution in [0.5, 0.6) is 0 Å². The van der Waals surface area contributed by atoms with E-state index in [2.05, 4.69) is 23.7 Å². The number of hydrogen-bond donors (Lipinski definition) is 1. The minimum Gasteiger partial charge on any atom is -0.368 e. The van der Waals surface area contributed by atoms with Crippen molar-refractivity contribution in [1.29, 1.82) is 0 Å². The van der Waals surface area contributed by atoms with E-state index in [4.69, 9.17) is 0 Å². The summed E-state index contributed by atoms with van der Waals surface area (Å²) in [7, 11) is 0. The normalized spacial score (nSPS) is 6.00. The van der Waals surface area contributed by atoms with Gasteiger partial charge in [0.1, 0.15) is 0 Å². The molecule has 0 fully saturated rings. The average Bonchev–Trinajstić information content (AvgIpc) is 2.76. The van der Waals surface area contributed by atoms with Crippen LogP contribution in [0, 0.1) is 11.8 Å². The molecule has 0 amide bonds. The van der Waals surface area contributed by atoms with Crippen molar-refractivity contribution in [2.45, 2.75) is 40.5 Å². The summed E-state index contributed by atoms with van der Waals surface area (Å²) in [5.74, 6) is 5.77. The average molecular weight is 363 g/mol. The topological polar surface area (TPSA) is 15.8 Å². The molecular formula is C12H21NW. The summed E-state index contributed by atoms with van der Waals surface area (Å²) in [5, 5.41) is 0. The predicted molar refractivity (Wildman–Crippen MR) is 60.5 cm³/mol. The smallest absolute Gasteiger partial charge is 0.00859 e. The van der Waals surface area contributed by atoms with Gasteiger partial charge in [0, 0.05) is 39.9 Å². The van der Waals surface area contributed by atoms with E-state index in [-0.39, 0.29) is 21.1 Å². The molecular weight excluding hydrogens is 342 g/mol. The Bertz CT molecular complexity index is 177. The molecule has 14 heavy (non-hydrogen) atoms. The van der Waals surface area contributed by atoms with E-state index in [0.29, 0.717) is 0 Å². The Morgan fingerprint density at radius 1 is 1.14 bits per heavy atom. The van der Waals surface area contributed by atoms with Crippen molar-refractivity contribution in [3.63, 3.8) is 0 Å². The van der Waals surface area contributed by atoms with E-state index in [1.807, 2.05) is 45.3 Å². The largest absolute Gasteiger partial charge is 0.368 e. The van der Waals surface area contributed by atoms with Crippen molar-refractivity contribution in [3.8, 4) is 11.8 Å². The maximum atomic E-state index is 2.95. The summed E-state index contributed by atoms with van der Waals surface area (Å²) in [5.41, 5.74) is 0. The third-order valence-corrected chi connectivity index (χ3v) is 1.05. The number of aromatic amines is 1. The second kappa shape index (κ2) is 22.9. The number of hydrogen-bond acceptors (Lipinski definition) is 0. The van der Waals surface area contributed by atoms with E-state index < -0.39 is 0 Å². The van der Waals surface area contributed by atoms with Gasteiger partial charge < -0.3 is 4.98 Å². The van der Waals surface area contributed by atoms with Crippen LogP contribution in [-0.4, -0.2) is 4.98 Å². The van der Waals surface area contributed by atoms with Gasteiger partial charge >= 0.3 is 0 Å². The zero-order valence-corrected chi connectivity index (χ0v) is 12.6. The molecule has 0 atom stereocenters. The van der Waals surface area contributed by atoms with Gasteiger partial charge in [0.2, 0.25) is 0 Å². The third kappa shape index (κ3) is 22.5. The van der Waals surface area contributed by atoms with E-state index in [9.17, 15) is 0 Å². The van der Waals surface area contributed by atoms with Crippen LogP contribution in [-0.2, 0) is 21.1 Å². The molecule has 1 aromatic heterocycles. The van der Waals surface area contributed by atoms with Crippen LogP contribution in [0.15, 0.2) is 24.5 Å². The van der Waals surface area contributed by atoms with E-state index in [1.165, 1.54) is 6.42 Å². The molecule has 0 aromatic carbocycles. The molecule has 0 radical (unpaired) electrons. The standard InChI is InChI=1S/C6H10.C4H5N.C2H6.W/c1-3-5-6-4-2;1-2-4-5-3-1;1-2;/h3,5H2,1-2H3;1-5H;1-2H3;. The van der Waals surface area contributed by atoms with Crippen LogP contribution in [0.3, 0.4) is 0 Å². The van der Waals surface area contributed by atoms with Crippen LogP contribution in [0.25, 0.3) is 0 Å². The van der Waals surface area contributed by atoms with Gasteiger partial charge in [-0.2, -0.15) is 0 Å². The summed E-state index contributed by atoms with van der Waals surface area (Å²) in [6.45, 7) is 8.00. The molecule has 0 unspecified atom stereocenters. The molecule has 0 bridgehead atoms. The van der Waals surface area contributed by atoms with Gasteiger partial charge in [-0.05, 0) is 25.5 Å². The molecule has 2 heteroatoms. The van der Waals surface area contributed by atoms with Crippen LogP contribution in [0.4, 0.5) is 0 Å². The first-order valence-electron chi connectivity index (χ1n) is 4.89. The number of rotatable bonds is 1. The summed E-state index contributed by atoms with van der Waals surface area (Å²) in [6.07, 6.45) is 5.98. The van der Waals surface area contributed by atoms with Crippen LogP contribution in [0.2, 0.25) is 0 Å². The van der Waals surface area contributed by atoms with Gasteiger partial charge in [0.25, 0.3) is 0 Å². The molecule has 0 saturated carbocycles. The van der Waals surface area contributed by atoms with Gasteiger partial charge in [-0.25, -0.2) is 0 Å². The number of H-pyrrole nitrogens is 1. The Morgan fingerprint density at radius 2 is 1.64 bits per heavy atom. The molecule has 80 valence electrons. The Kier molecular flexibility index (Phi) is 31.3. The predicted octanol–water partition coefficient (Wildman–Crippen LogP) is 3.85. The quantitative estimate of drug-likeness (QED) is 0.730. The van der Waals surface area contributed by atoms with Crippen molar-refractivity contribution in [1.82, 2.24) is 4.98 Å². The van der Waals surface area contributed by atoms with Crippen LogP contribution in [0.1, 0.15) is 40.5 Å². The van der Waals surface area contributed by atoms with Crippen LogP contribution >= 0.6 is 0 Å². The first-order chi connectivity index (χ1) is 6.41.